The minimum absolute atomic E-state index is 0.308. The van der Waals surface area contributed by atoms with Crippen molar-refractivity contribution < 1.29 is 27.1 Å². The summed E-state index contributed by atoms with van der Waals surface area (Å²) in [5.41, 5.74) is 0. The average molecular weight is 307 g/mol. The molecule has 0 radical (unpaired) electrons. The summed E-state index contributed by atoms with van der Waals surface area (Å²) in [6, 6.07) is 1.96. The highest BCUT2D eigenvalue weighted by molar-refractivity contribution is 7.89. The Morgan fingerprint density at radius 3 is 2.25 bits per heavy atom. The summed E-state index contributed by atoms with van der Waals surface area (Å²) in [5.74, 6) is -3.89. The molecule has 0 fully saturated rings. The highest BCUT2D eigenvalue weighted by Crippen LogP contribution is 2.24. The first kappa shape index (κ1) is 16.5. The summed E-state index contributed by atoms with van der Waals surface area (Å²) in [6.07, 6.45) is 0.308. The maximum atomic E-state index is 13.6. The predicted molar refractivity (Wildman–Crippen MR) is 67.6 cm³/mol. The molecule has 0 saturated carbocycles. The van der Waals surface area contributed by atoms with Crippen LogP contribution in [-0.4, -0.2) is 36.4 Å². The van der Waals surface area contributed by atoms with Crippen LogP contribution in [0, 0.1) is 11.6 Å². The van der Waals surface area contributed by atoms with Crippen LogP contribution in [0.4, 0.5) is 8.78 Å². The number of hydrogen-bond acceptors (Lipinski definition) is 3. The molecule has 112 valence electrons. The van der Waals surface area contributed by atoms with Crippen molar-refractivity contribution in [3.05, 3.63) is 29.8 Å². The first-order chi connectivity index (χ1) is 9.21. The zero-order valence-electron chi connectivity index (χ0n) is 11.0. The second kappa shape index (κ2) is 6.27. The van der Waals surface area contributed by atoms with Gasteiger partial charge in [-0.25, -0.2) is 17.2 Å². The second-order valence-electron chi connectivity index (χ2n) is 4.25. The summed E-state index contributed by atoms with van der Waals surface area (Å²) >= 11 is 0. The minimum Gasteiger partial charge on any atom is -0.480 e. The van der Waals surface area contributed by atoms with Gasteiger partial charge in [0.05, 0.1) is 0 Å². The largest absolute Gasteiger partial charge is 0.480 e. The van der Waals surface area contributed by atoms with E-state index < -0.39 is 45.1 Å². The van der Waals surface area contributed by atoms with Crippen molar-refractivity contribution in [1.29, 1.82) is 0 Å². The summed E-state index contributed by atoms with van der Waals surface area (Å²) in [4.78, 5) is 9.66. The SMILES string of the molecule is CCC(C)N(CC(=O)O)S(=O)(=O)c1c(F)cccc1F. The molecule has 1 N–H and O–H groups in total. The topological polar surface area (TPSA) is 74.7 Å². The first-order valence-electron chi connectivity index (χ1n) is 5.89. The lowest BCUT2D eigenvalue weighted by molar-refractivity contribution is -0.137. The van der Waals surface area contributed by atoms with Crippen LogP contribution in [-0.2, 0) is 14.8 Å². The van der Waals surface area contributed by atoms with Crippen LogP contribution < -0.4 is 0 Å². The first-order valence-corrected chi connectivity index (χ1v) is 7.33. The van der Waals surface area contributed by atoms with Gasteiger partial charge in [-0.3, -0.25) is 4.79 Å². The molecule has 1 aromatic rings. The molecule has 1 atom stereocenters. The molecule has 0 spiro atoms. The molecular weight excluding hydrogens is 292 g/mol. The van der Waals surface area contributed by atoms with Gasteiger partial charge in [-0.15, -0.1) is 0 Å². The third-order valence-electron chi connectivity index (χ3n) is 2.86. The predicted octanol–water partition coefficient (Wildman–Crippen LogP) is 1.84. The molecule has 1 aromatic carbocycles. The lowest BCUT2D eigenvalue weighted by Gasteiger charge is -2.26. The smallest absolute Gasteiger partial charge is 0.318 e. The van der Waals surface area contributed by atoms with Crippen molar-refractivity contribution in [2.45, 2.75) is 31.2 Å². The molecule has 0 aliphatic rings. The lowest BCUT2D eigenvalue weighted by Crippen LogP contribution is -2.42. The van der Waals surface area contributed by atoms with Gasteiger partial charge in [0.2, 0.25) is 10.0 Å². The molecule has 0 bridgehead atoms. The highest BCUT2D eigenvalue weighted by Gasteiger charge is 2.34. The quantitative estimate of drug-likeness (QED) is 0.870. The zero-order chi connectivity index (χ0) is 15.5. The fraction of sp³-hybridized carbons (Fsp3) is 0.417. The Kier molecular flexibility index (Phi) is 5.18. The van der Waals surface area contributed by atoms with Gasteiger partial charge in [0.25, 0.3) is 0 Å². The standard InChI is InChI=1S/C12H15F2NO4S/c1-3-8(2)15(7-11(16)17)20(18,19)12-9(13)5-4-6-10(12)14/h4-6,8H,3,7H2,1-2H3,(H,16,17). The fourth-order valence-corrected chi connectivity index (χ4v) is 3.43. The number of carbonyl (C=O) groups is 1. The number of halogens is 2. The van der Waals surface area contributed by atoms with Gasteiger partial charge in [0, 0.05) is 6.04 Å². The number of benzene rings is 1. The number of sulfonamides is 1. The van der Waals surface area contributed by atoms with Gasteiger partial charge in [-0.2, -0.15) is 4.31 Å². The monoisotopic (exact) mass is 307 g/mol. The van der Waals surface area contributed by atoms with Gasteiger partial charge >= 0.3 is 5.97 Å². The normalized spacial score (nSPS) is 13.4. The van der Waals surface area contributed by atoms with Crippen LogP contribution in [0.25, 0.3) is 0 Å². The van der Waals surface area contributed by atoms with Crippen molar-refractivity contribution in [2.75, 3.05) is 6.54 Å². The number of nitrogens with zero attached hydrogens (tertiary/aromatic N) is 1. The molecule has 0 aromatic heterocycles. The average Bonchev–Trinajstić information content (AvgIpc) is 2.34. The van der Waals surface area contributed by atoms with Gasteiger partial charge < -0.3 is 5.11 Å². The van der Waals surface area contributed by atoms with Gasteiger partial charge in [-0.1, -0.05) is 13.0 Å². The number of aliphatic carboxylic acids is 1. The van der Waals surface area contributed by atoms with E-state index in [4.69, 9.17) is 5.11 Å². The fourth-order valence-electron chi connectivity index (χ4n) is 1.66. The summed E-state index contributed by atoms with van der Waals surface area (Å²) in [7, 11) is -4.57. The van der Waals surface area contributed by atoms with E-state index in [-0.39, 0.29) is 0 Å². The second-order valence-corrected chi connectivity index (χ2v) is 6.08. The van der Waals surface area contributed by atoms with Crippen LogP contribution in [0.15, 0.2) is 23.1 Å². The Morgan fingerprint density at radius 1 is 1.35 bits per heavy atom. The Bertz CT molecular complexity index is 583. The Morgan fingerprint density at radius 2 is 1.85 bits per heavy atom. The van der Waals surface area contributed by atoms with E-state index in [0.717, 1.165) is 18.2 Å². The summed E-state index contributed by atoms with van der Waals surface area (Å²) in [5, 5.41) is 8.78. The van der Waals surface area contributed by atoms with Crippen molar-refractivity contribution in [3.63, 3.8) is 0 Å². The van der Waals surface area contributed by atoms with Crippen LogP contribution in [0.2, 0.25) is 0 Å². The van der Waals surface area contributed by atoms with Gasteiger partial charge in [0.15, 0.2) is 4.90 Å². The Hall–Kier alpha value is -1.54. The van der Waals surface area contributed by atoms with E-state index in [1.165, 1.54) is 6.92 Å². The van der Waals surface area contributed by atoms with Crippen molar-refractivity contribution in [2.24, 2.45) is 0 Å². The van der Waals surface area contributed by atoms with E-state index in [0.29, 0.717) is 10.7 Å². The summed E-state index contributed by atoms with van der Waals surface area (Å²) < 4.78 is 52.4. The van der Waals surface area contributed by atoms with Crippen molar-refractivity contribution in [1.82, 2.24) is 4.31 Å². The van der Waals surface area contributed by atoms with E-state index >= 15 is 0 Å². The number of carboxylic acid groups (broad SMARTS) is 1. The zero-order valence-corrected chi connectivity index (χ0v) is 11.8. The summed E-state index contributed by atoms with van der Waals surface area (Å²) in [6.45, 7) is 2.26. The van der Waals surface area contributed by atoms with Gasteiger partial charge in [-0.05, 0) is 25.5 Å². The highest BCUT2D eigenvalue weighted by atomic mass is 32.2. The third kappa shape index (κ3) is 3.31. The number of carboxylic acids is 1. The molecular formula is C12H15F2NO4S. The molecule has 8 heteroatoms. The van der Waals surface area contributed by atoms with Crippen molar-refractivity contribution >= 4 is 16.0 Å². The molecule has 0 heterocycles. The van der Waals surface area contributed by atoms with Crippen LogP contribution in [0.3, 0.4) is 0 Å². The molecule has 0 aliphatic heterocycles. The molecule has 0 amide bonds. The van der Waals surface area contributed by atoms with Crippen molar-refractivity contribution in [3.8, 4) is 0 Å². The third-order valence-corrected chi connectivity index (χ3v) is 4.87. The maximum absolute atomic E-state index is 13.6. The van der Waals surface area contributed by atoms with Crippen LogP contribution >= 0.6 is 0 Å². The van der Waals surface area contributed by atoms with E-state index in [9.17, 15) is 22.0 Å². The van der Waals surface area contributed by atoms with Gasteiger partial charge in [0.1, 0.15) is 18.2 Å². The minimum atomic E-state index is -4.57. The van der Waals surface area contributed by atoms with Crippen LogP contribution in [0.1, 0.15) is 20.3 Å². The van der Waals surface area contributed by atoms with Crippen LogP contribution in [0.5, 0.6) is 0 Å². The lowest BCUT2D eigenvalue weighted by atomic mass is 10.2. The molecule has 5 nitrogen and oxygen atoms in total. The molecule has 1 unspecified atom stereocenters. The number of hydrogen-bond donors (Lipinski definition) is 1. The molecule has 0 aliphatic carbocycles. The Balaban J connectivity index is 3.40. The van der Waals surface area contributed by atoms with E-state index in [1.807, 2.05) is 0 Å². The number of rotatable bonds is 6. The maximum Gasteiger partial charge on any atom is 0.318 e. The molecule has 1 rings (SSSR count). The molecule has 20 heavy (non-hydrogen) atoms. The van der Waals surface area contributed by atoms with E-state index in [1.54, 1.807) is 6.92 Å². The molecule has 0 saturated heterocycles. The van der Waals surface area contributed by atoms with E-state index in [2.05, 4.69) is 0 Å². The Labute approximate surface area is 115 Å².